The summed E-state index contributed by atoms with van der Waals surface area (Å²) in [5.41, 5.74) is 2.07. The SMILES string of the molecule is O=C(NC(c1ccccc1)c1ccccn1)c1csc(COc2ccc(Cl)cc2)n1. The molecule has 4 rings (SSSR count). The van der Waals surface area contributed by atoms with E-state index in [2.05, 4.69) is 15.3 Å². The third kappa shape index (κ3) is 5.03. The number of amides is 1. The Bertz CT molecular complexity index is 1060. The second-order valence-corrected chi connectivity index (χ2v) is 7.82. The smallest absolute Gasteiger partial charge is 0.271 e. The minimum absolute atomic E-state index is 0.261. The quantitative estimate of drug-likeness (QED) is 0.428. The number of hydrogen-bond acceptors (Lipinski definition) is 5. The van der Waals surface area contributed by atoms with Gasteiger partial charge in [0.1, 0.15) is 23.1 Å². The first-order chi connectivity index (χ1) is 14.7. The van der Waals surface area contributed by atoms with Gasteiger partial charge in [0.15, 0.2) is 0 Å². The fourth-order valence-corrected chi connectivity index (χ4v) is 3.69. The lowest BCUT2D eigenvalue weighted by Crippen LogP contribution is -2.30. The largest absolute Gasteiger partial charge is 0.486 e. The molecule has 4 aromatic rings. The Labute approximate surface area is 183 Å². The van der Waals surface area contributed by atoms with Crippen LogP contribution in [0, 0.1) is 0 Å². The zero-order valence-corrected chi connectivity index (χ0v) is 17.4. The van der Waals surface area contributed by atoms with Gasteiger partial charge in [0.2, 0.25) is 0 Å². The summed E-state index contributed by atoms with van der Waals surface area (Å²) in [5, 5.41) is 6.14. The predicted molar refractivity (Wildman–Crippen MR) is 118 cm³/mol. The van der Waals surface area contributed by atoms with Gasteiger partial charge in [-0.05, 0) is 42.0 Å². The topological polar surface area (TPSA) is 64.1 Å². The molecule has 0 spiro atoms. The van der Waals surface area contributed by atoms with Crippen LogP contribution in [-0.4, -0.2) is 15.9 Å². The van der Waals surface area contributed by atoms with Crippen molar-refractivity contribution in [1.29, 1.82) is 0 Å². The van der Waals surface area contributed by atoms with Gasteiger partial charge in [-0.1, -0.05) is 48.0 Å². The van der Waals surface area contributed by atoms with Crippen molar-refractivity contribution in [2.24, 2.45) is 0 Å². The summed E-state index contributed by atoms with van der Waals surface area (Å²) in [6.07, 6.45) is 1.71. The maximum absolute atomic E-state index is 12.9. The number of pyridine rings is 1. The summed E-state index contributed by atoms with van der Waals surface area (Å²) in [5.74, 6) is 0.434. The summed E-state index contributed by atoms with van der Waals surface area (Å²) in [4.78, 5) is 21.7. The van der Waals surface area contributed by atoms with E-state index < -0.39 is 0 Å². The van der Waals surface area contributed by atoms with Gasteiger partial charge in [-0.2, -0.15) is 0 Å². The molecule has 2 aromatic heterocycles. The molecule has 5 nitrogen and oxygen atoms in total. The molecule has 1 N–H and O–H groups in total. The Morgan fingerprint density at radius 3 is 2.53 bits per heavy atom. The molecule has 0 aliphatic rings. The van der Waals surface area contributed by atoms with E-state index in [1.807, 2.05) is 48.5 Å². The Morgan fingerprint density at radius 2 is 1.80 bits per heavy atom. The van der Waals surface area contributed by atoms with Crippen LogP contribution >= 0.6 is 22.9 Å². The Morgan fingerprint density at radius 1 is 1.03 bits per heavy atom. The minimum Gasteiger partial charge on any atom is -0.486 e. The molecular formula is C23H18ClN3O2S. The van der Waals surface area contributed by atoms with Gasteiger partial charge in [-0.3, -0.25) is 9.78 Å². The number of carbonyl (C=O) groups excluding carboxylic acids is 1. The van der Waals surface area contributed by atoms with E-state index in [0.717, 1.165) is 11.3 Å². The molecule has 1 amide bonds. The summed E-state index contributed by atoms with van der Waals surface area (Å²) in [6, 6.07) is 22.1. The number of hydrogen-bond donors (Lipinski definition) is 1. The highest BCUT2D eigenvalue weighted by molar-refractivity contribution is 7.09. The van der Waals surface area contributed by atoms with Crippen molar-refractivity contribution >= 4 is 28.8 Å². The maximum atomic E-state index is 12.9. The van der Waals surface area contributed by atoms with Gasteiger partial charge >= 0.3 is 0 Å². The Hall–Kier alpha value is -3.22. The monoisotopic (exact) mass is 435 g/mol. The molecule has 0 saturated carbocycles. The fourth-order valence-electron chi connectivity index (χ4n) is 2.88. The molecule has 0 radical (unpaired) electrons. The highest BCUT2D eigenvalue weighted by atomic mass is 35.5. The molecule has 2 heterocycles. The first-order valence-electron chi connectivity index (χ1n) is 9.28. The second kappa shape index (κ2) is 9.52. The third-order valence-corrected chi connectivity index (χ3v) is 5.43. The summed E-state index contributed by atoms with van der Waals surface area (Å²) in [6.45, 7) is 0.280. The number of nitrogens with one attached hydrogen (secondary N) is 1. The first kappa shape index (κ1) is 20.1. The molecule has 0 bridgehead atoms. The van der Waals surface area contributed by atoms with Crippen LogP contribution in [0.4, 0.5) is 0 Å². The Balaban J connectivity index is 1.46. The highest BCUT2D eigenvalue weighted by Crippen LogP contribution is 2.22. The number of carbonyl (C=O) groups is 1. The molecule has 1 unspecified atom stereocenters. The van der Waals surface area contributed by atoms with Gasteiger partial charge in [-0.15, -0.1) is 11.3 Å². The summed E-state index contributed by atoms with van der Waals surface area (Å²) in [7, 11) is 0. The highest BCUT2D eigenvalue weighted by Gasteiger charge is 2.20. The van der Waals surface area contributed by atoms with E-state index >= 15 is 0 Å². The number of nitrogens with zero attached hydrogens (tertiary/aromatic N) is 2. The Kier molecular flexibility index (Phi) is 6.37. The molecule has 150 valence electrons. The zero-order chi connectivity index (χ0) is 20.8. The van der Waals surface area contributed by atoms with Crippen molar-refractivity contribution < 1.29 is 9.53 Å². The van der Waals surface area contributed by atoms with Crippen LogP contribution in [0.25, 0.3) is 0 Å². The van der Waals surface area contributed by atoms with Crippen LogP contribution in [0.15, 0.2) is 84.4 Å². The van der Waals surface area contributed by atoms with Crippen molar-refractivity contribution in [1.82, 2.24) is 15.3 Å². The first-order valence-corrected chi connectivity index (χ1v) is 10.5. The minimum atomic E-state index is -0.365. The standard InChI is InChI=1S/C23H18ClN3O2S/c24-17-9-11-18(12-10-17)29-14-21-26-20(15-30-21)23(28)27-22(16-6-2-1-3-7-16)19-8-4-5-13-25-19/h1-13,15,22H,14H2,(H,27,28). The molecule has 30 heavy (non-hydrogen) atoms. The summed E-state index contributed by atoms with van der Waals surface area (Å²) < 4.78 is 5.71. The van der Waals surface area contributed by atoms with E-state index in [9.17, 15) is 4.79 Å². The van der Waals surface area contributed by atoms with E-state index in [1.165, 1.54) is 11.3 Å². The number of benzene rings is 2. The van der Waals surface area contributed by atoms with Gasteiger partial charge in [-0.25, -0.2) is 4.98 Å². The molecule has 0 fully saturated rings. The van der Waals surface area contributed by atoms with Gasteiger partial charge in [0.25, 0.3) is 5.91 Å². The van der Waals surface area contributed by atoms with Gasteiger partial charge in [0, 0.05) is 16.6 Å². The predicted octanol–water partition coefficient (Wildman–Crippen LogP) is 5.29. The average molecular weight is 436 g/mol. The third-order valence-electron chi connectivity index (χ3n) is 4.35. The average Bonchev–Trinajstić information content (AvgIpc) is 3.27. The normalized spacial score (nSPS) is 11.6. The fraction of sp³-hybridized carbons (Fsp3) is 0.0870. The van der Waals surface area contributed by atoms with Crippen LogP contribution < -0.4 is 10.1 Å². The second-order valence-electron chi connectivity index (χ2n) is 6.44. The van der Waals surface area contributed by atoms with E-state index in [1.54, 1.807) is 35.8 Å². The lowest BCUT2D eigenvalue weighted by atomic mass is 10.0. The van der Waals surface area contributed by atoms with Crippen LogP contribution in [0.5, 0.6) is 5.75 Å². The van der Waals surface area contributed by atoms with Crippen LogP contribution in [0.1, 0.15) is 32.8 Å². The number of rotatable bonds is 7. The van der Waals surface area contributed by atoms with Gasteiger partial charge in [0.05, 0.1) is 11.7 Å². The van der Waals surface area contributed by atoms with Crippen molar-refractivity contribution in [2.75, 3.05) is 0 Å². The number of aromatic nitrogens is 2. The lowest BCUT2D eigenvalue weighted by molar-refractivity contribution is 0.0937. The maximum Gasteiger partial charge on any atom is 0.271 e. The van der Waals surface area contributed by atoms with Crippen LogP contribution in [0.2, 0.25) is 5.02 Å². The molecule has 0 saturated heterocycles. The van der Waals surface area contributed by atoms with Crippen LogP contribution in [-0.2, 0) is 6.61 Å². The van der Waals surface area contributed by atoms with E-state index in [0.29, 0.717) is 21.5 Å². The summed E-state index contributed by atoms with van der Waals surface area (Å²) >= 11 is 7.26. The van der Waals surface area contributed by atoms with Gasteiger partial charge < -0.3 is 10.1 Å². The molecule has 7 heteroatoms. The number of halogens is 1. The number of thiazole rings is 1. The van der Waals surface area contributed by atoms with Crippen molar-refractivity contribution in [2.45, 2.75) is 12.6 Å². The van der Waals surface area contributed by atoms with E-state index in [-0.39, 0.29) is 18.6 Å². The molecule has 0 aliphatic carbocycles. The number of ether oxygens (including phenoxy) is 1. The van der Waals surface area contributed by atoms with Crippen molar-refractivity contribution in [3.8, 4) is 5.75 Å². The molecule has 0 aliphatic heterocycles. The van der Waals surface area contributed by atoms with Crippen LogP contribution in [0.3, 0.4) is 0 Å². The van der Waals surface area contributed by atoms with Crippen molar-refractivity contribution in [3.63, 3.8) is 0 Å². The van der Waals surface area contributed by atoms with E-state index in [4.69, 9.17) is 16.3 Å². The molecule has 1 atom stereocenters. The lowest BCUT2D eigenvalue weighted by Gasteiger charge is -2.18. The van der Waals surface area contributed by atoms with Crippen molar-refractivity contribution in [3.05, 3.63) is 111 Å². The molecule has 2 aromatic carbocycles. The molecular weight excluding hydrogens is 418 g/mol. The zero-order valence-electron chi connectivity index (χ0n) is 15.9.